The molecule has 2 heterocycles. The molecule has 0 aliphatic carbocycles. The third-order valence-electron chi connectivity index (χ3n) is 5.55. The van der Waals surface area contributed by atoms with Crippen LogP contribution in [-0.2, 0) is 10.2 Å². The topological polar surface area (TPSA) is 92.1 Å². The highest BCUT2D eigenvalue weighted by Crippen LogP contribution is 2.34. The smallest absolute Gasteiger partial charge is 0.343 e. The summed E-state index contributed by atoms with van der Waals surface area (Å²) in [6.07, 6.45) is 1.60. The molecule has 0 spiro atoms. The minimum Gasteiger partial charge on any atom is -0.490 e. The van der Waals surface area contributed by atoms with Crippen molar-refractivity contribution in [3.63, 3.8) is 0 Å². The molecule has 2 aliphatic heterocycles. The Morgan fingerprint density at radius 1 is 1.14 bits per heavy atom. The quantitative estimate of drug-likeness (QED) is 0.326. The van der Waals surface area contributed by atoms with Gasteiger partial charge in [-0.1, -0.05) is 50.7 Å². The fourth-order valence-corrected chi connectivity index (χ4v) is 4.50. The molecule has 0 radical (unpaired) electrons. The van der Waals surface area contributed by atoms with Crippen LogP contribution in [0.15, 0.2) is 64.1 Å². The highest BCUT2D eigenvalue weighted by Gasteiger charge is 2.34. The van der Waals surface area contributed by atoms with Crippen LogP contribution in [0.2, 0.25) is 0 Å². The lowest BCUT2D eigenvalue weighted by Crippen LogP contribution is -2.37. The lowest BCUT2D eigenvalue weighted by Gasteiger charge is -2.25. The first-order chi connectivity index (χ1) is 16.6. The van der Waals surface area contributed by atoms with Crippen LogP contribution in [0.25, 0.3) is 6.08 Å². The molecule has 0 aromatic heterocycles. The highest BCUT2D eigenvalue weighted by atomic mass is 32.2. The minimum absolute atomic E-state index is 0.0134. The van der Waals surface area contributed by atoms with Gasteiger partial charge in [0, 0.05) is 5.70 Å². The van der Waals surface area contributed by atoms with E-state index in [1.807, 2.05) is 31.4 Å². The zero-order valence-electron chi connectivity index (χ0n) is 20.3. The van der Waals surface area contributed by atoms with Crippen molar-refractivity contribution >= 4 is 40.7 Å². The van der Waals surface area contributed by atoms with E-state index in [2.05, 4.69) is 25.8 Å². The van der Waals surface area contributed by atoms with Gasteiger partial charge in [0.25, 0.3) is 5.91 Å². The molecule has 7 nitrogen and oxygen atoms in total. The number of ether oxygens (including phenoxy) is 2. The van der Waals surface area contributed by atoms with Crippen LogP contribution >= 0.6 is 11.8 Å². The Kier molecular flexibility index (Phi) is 6.67. The van der Waals surface area contributed by atoms with E-state index >= 15 is 0 Å². The molecule has 0 saturated carbocycles. The summed E-state index contributed by atoms with van der Waals surface area (Å²) < 4.78 is 11.3. The van der Waals surface area contributed by atoms with Crippen LogP contribution in [0.5, 0.6) is 11.5 Å². The molecule has 1 N–H and O–H groups in total. The Morgan fingerprint density at radius 3 is 2.51 bits per heavy atom. The molecule has 0 saturated heterocycles. The molecular formula is C27H27N3O4S. The number of amides is 1. The van der Waals surface area contributed by atoms with Gasteiger partial charge < -0.3 is 9.47 Å². The van der Waals surface area contributed by atoms with Gasteiger partial charge in [-0.15, -0.1) is 0 Å². The van der Waals surface area contributed by atoms with Crippen LogP contribution in [0, 0.1) is 5.41 Å². The summed E-state index contributed by atoms with van der Waals surface area (Å²) in [7, 11) is 0. The summed E-state index contributed by atoms with van der Waals surface area (Å²) in [5.74, 6) is -0.236. The molecule has 2 aromatic carbocycles. The molecule has 0 atom stereocenters. The van der Waals surface area contributed by atoms with Gasteiger partial charge in [-0.25, -0.2) is 4.79 Å². The number of benzene rings is 2. The number of nitrogens with zero attached hydrogens (tertiary/aromatic N) is 2. The van der Waals surface area contributed by atoms with E-state index < -0.39 is 11.9 Å². The molecule has 1 amide bonds. The second-order valence-electron chi connectivity index (χ2n) is 9.17. The molecule has 180 valence electrons. The summed E-state index contributed by atoms with van der Waals surface area (Å²) in [5.41, 5.74) is 3.19. The van der Waals surface area contributed by atoms with Crippen molar-refractivity contribution in [2.45, 2.75) is 40.0 Å². The van der Waals surface area contributed by atoms with Gasteiger partial charge in [0.05, 0.1) is 17.7 Å². The van der Waals surface area contributed by atoms with Crippen LogP contribution in [0.1, 0.15) is 56.1 Å². The molecule has 2 aromatic rings. The molecule has 0 unspecified atom stereocenters. The van der Waals surface area contributed by atoms with Gasteiger partial charge >= 0.3 is 5.97 Å². The van der Waals surface area contributed by atoms with Gasteiger partial charge in [-0.2, -0.15) is 4.99 Å². The number of carbonyl (C=O) groups excluding carboxylic acids is 2. The van der Waals surface area contributed by atoms with Crippen LogP contribution in [0.3, 0.4) is 0 Å². The Hall–Kier alpha value is -3.65. The molecular weight excluding hydrogens is 462 g/mol. The number of amidine groups is 2. The second kappa shape index (κ2) is 9.54. The predicted molar refractivity (Wildman–Crippen MR) is 139 cm³/mol. The fourth-order valence-electron chi connectivity index (χ4n) is 3.64. The van der Waals surface area contributed by atoms with Gasteiger partial charge in [0.15, 0.2) is 16.7 Å². The van der Waals surface area contributed by atoms with Crippen molar-refractivity contribution < 1.29 is 19.1 Å². The average molecular weight is 490 g/mol. The van der Waals surface area contributed by atoms with E-state index in [9.17, 15) is 9.59 Å². The van der Waals surface area contributed by atoms with Crippen molar-refractivity contribution in [3.8, 4) is 11.5 Å². The largest absolute Gasteiger partial charge is 0.490 e. The first-order valence-electron chi connectivity index (χ1n) is 11.2. The maximum Gasteiger partial charge on any atom is 0.343 e. The second-order valence-corrected chi connectivity index (χ2v) is 10.0. The normalized spacial score (nSPS) is 16.7. The Bertz CT molecular complexity index is 1300. The van der Waals surface area contributed by atoms with Crippen LogP contribution in [0.4, 0.5) is 0 Å². The van der Waals surface area contributed by atoms with E-state index in [1.54, 1.807) is 41.3 Å². The molecule has 2 aliphatic rings. The number of hydrogen-bond acceptors (Lipinski definition) is 6. The number of thioether (sulfide) groups is 1. The van der Waals surface area contributed by atoms with Gasteiger partial charge in [0.2, 0.25) is 0 Å². The maximum absolute atomic E-state index is 12.8. The van der Waals surface area contributed by atoms with Crippen molar-refractivity contribution in [3.05, 3.63) is 75.8 Å². The van der Waals surface area contributed by atoms with Crippen molar-refractivity contribution in [2.75, 3.05) is 6.61 Å². The summed E-state index contributed by atoms with van der Waals surface area (Å²) in [6, 6.07) is 12.4. The molecule has 8 heteroatoms. The number of fused-ring (bicyclic) bond motifs is 1. The average Bonchev–Trinajstić information content (AvgIpc) is 3.18. The summed E-state index contributed by atoms with van der Waals surface area (Å²) in [5, 5.41) is 10.8. The SMILES string of the molecule is CCOc1cc(C=C2C(=N)N3C(C)=CSC3=NC2=O)ccc1OC(=O)c1ccc(C(C)(C)C)cc1. The Morgan fingerprint density at radius 2 is 1.86 bits per heavy atom. The first-order valence-corrected chi connectivity index (χ1v) is 12.1. The Labute approximate surface area is 209 Å². The zero-order valence-corrected chi connectivity index (χ0v) is 21.2. The fraction of sp³-hybridized carbons (Fsp3) is 0.259. The van der Waals surface area contributed by atoms with Crippen molar-refractivity contribution in [2.24, 2.45) is 4.99 Å². The number of allylic oxidation sites excluding steroid dienone is 1. The standard InChI is InChI=1S/C27H27N3O4S/c1-6-33-22-14-17(13-20-23(28)30-16(2)15-35-26(30)29-24(20)31)7-12-21(22)34-25(32)18-8-10-19(11-9-18)27(3,4)5/h7-15,28H,6H2,1-5H3. The number of aliphatic imine (C=N–C) groups is 1. The number of carbonyl (C=O) groups is 2. The van der Waals surface area contributed by atoms with Crippen molar-refractivity contribution in [1.29, 1.82) is 5.41 Å². The summed E-state index contributed by atoms with van der Waals surface area (Å²) in [6.45, 7) is 10.4. The van der Waals surface area contributed by atoms with Gasteiger partial charge in [-0.05, 0) is 66.1 Å². The summed E-state index contributed by atoms with van der Waals surface area (Å²) >= 11 is 1.32. The number of nitrogens with one attached hydrogen (secondary N) is 1. The third kappa shape index (κ3) is 5.07. The van der Waals surface area contributed by atoms with Crippen molar-refractivity contribution in [1.82, 2.24) is 4.90 Å². The predicted octanol–water partition coefficient (Wildman–Crippen LogP) is 5.77. The van der Waals surface area contributed by atoms with Gasteiger partial charge in [0.1, 0.15) is 5.84 Å². The highest BCUT2D eigenvalue weighted by molar-refractivity contribution is 8.16. The third-order valence-corrected chi connectivity index (χ3v) is 6.50. The summed E-state index contributed by atoms with van der Waals surface area (Å²) in [4.78, 5) is 31.1. The molecule has 35 heavy (non-hydrogen) atoms. The van der Waals surface area contributed by atoms with E-state index in [1.165, 1.54) is 11.8 Å². The number of esters is 1. The lowest BCUT2D eigenvalue weighted by molar-refractivity contribution is -0.114. The number of rotatable bonds is 5. The molecule has 0 bridgehead atoms. The molecule has 4 rings (SSSR count). The Balaban J connectivity index is 1.59. The van der Waals surface area contributed by atoms with Crippen LogP contribution in [-0.4, -0.2) is 34.4 Å². The lowest BCUT2D eigenvalue weighted by atomic mass is 9.87. The minimum atomic E-state index is -0.489. The van der Waals surface area contributed by atoms with Gasteiger partial charge in [-0.3, -0.25) is 15.1 Å². The zero-order chi connectivity index (χ0) is 25.3. The molecule has 0 fully saturated rings. The van der Waals surface area contributed by atoms with Crippen LogP contribution < -0.4 is 9.47 Å². The first kappa shape index (κ1) is 24.5. The number of hydrogen-bond donors (Lipinski definition) is 1. The van der Waals surface area contributed by atoms with E-state index in [0.717, 1.165) is 11.3 Å². The van der Waals surface area contributed by atoms with E-state index in [-0.39, 0.29) is 22.6 Å². The maximum atomic E-state index is 12.8. The van der Waals surface area contributed by atoms with E-state index in [4.69, 9.17) is 14.9 Å². The van der Waals surface area contributed by atoms with E-state index in [0.29, 0.717) is 28.7 Å². The monoisotopic (exact) mass is 489 g/mol.